The summed E-state index contributed by atoms with van der Waals surface area (Å²) in [6.45, 7) is 10.3. The van der Waals surface area contributed by atoms with Gasteiger partial charge in [0.15, 0.2) is 0 Å². The second-order valence-corrected chi connectivity index (χ2v) is 9.77. The van der Waals surface area contributed by atoms with Gasteiger partial charge in [0.2, 0.25) is 11.7 Å². The molecule has 2 fully saturated rings. The molecule has 0 aliphatic carbocycles. The van der Waals surface area contributed by atoms with Gasteiger partial charge in [0.1, 0.15) is 5.75 Å². The van der Waals surface area contributed by atoms with Crippen molar-refractivity contribution in [2.75, 3.05) is 51.3 Å². The number of amides is 1. The van der Waals surface area contributed by atoms with Crippen LogP contribution < -0.4 is 15.0 Å². The summed E-state index contributed by atoms with van der Waals surface area (Å²) in [5.74, 6) is 2.93. The molecule has 0 bridgehead atoms. The third-order valence-electron chi connectivity index (χ3n) is 6.86. The van der Waals surface area contributed by atoms with Crippen LogP contribution in [0.15, 0.2) is 28.8 Å². The molecule has 180 valence electrons. The van der Waals surface area contributed by atoms with E-state index in [0.717, 1.165) is 62.8 Å². The number of ether oxygens (including phenoxy) is 1. The van der Waals surface area contributed by atoms with Crippen molar-refractivity contribution >= 4 is 11.9 Å². The highest BCUT2D eigenvalue weighted by molar-refractivity contribution is 5.79. The monoisotopic (exact) mass is 455 g/mol. The van der Waals surface area contributed by atoms with E-state index in [1.807, 2.05) is 24.3 Å². The number of nitrogens with zero attached hydrogens (tertiary/aromatic N) is 4. The normalized spacial score (nSPS) is 19.9. The molecular weight excluding hydrogens is 418 g/mol. The van der Waals surface area contributed by atoms with Gasteiger partial charge in [0, 0.05) is 37.7 Å². The van der Waals surface area contributed by atoms with Crippen LogP contribution in [0.3, 0.4) is 0 Å². The Bertz CT molecular complexity index is 890. The minimum atomic E-state index is 0.0590. The number of carbonyl (C=O) groups excluding carboxylic acids is 1. The number of piperidine rings is 1. The van der Waals surface area contributed by atoms with Crippen molar-refractivity contribution < 1.29 is 14.1 Å². The molecule has 2 aromatic rings. The molecule has 2 aliphatic heterocycles. The largest absolute Gasteiger partial charge is 0.497 e. The minimum Gasteiger partial charge on any atom is -0.497 e. The Hall–Kier alpha value is -2.61. The molecule has 1 N–H and O–H groups in total. The Morgan fingerprint density at radius 2 is 1.94 bits per heavy atom. The van der Waals surface area contributed by atoms with E-state index >= 15 is 0 Å². The lowest BCUT2D eigenvalue weighted by molar-refractivity contribution is -0.125. The summed E-state index contributed by atoms with van der Waals surface area (Å²) in [4.78, 5) is 21.9. The number of hydrogen-bond acceptors (Lipinski definition) is 7. The maximum Gasteiger partial charge on any atom is 0.324 e. The second-order valence-electron chi connectivity index (χ2n) is 9.77. The van der Waals surface area contributed by atoms with Gasteiger partial charge < -0.3 is 24.4 Å². The van der Waals surface area contributed by atoms with Crippen LogP contribution in [0.2, 0.25) is 0 Å². The molecule has 2 aliphatic rings. The van der Waals surface area contributed by atoms with E-state index in [-0.39, 0.29) is 11.8 Å². The Morgan fingerprint density at radius 3 is 2.64 bits per heavy atom. The van der Waals surface area contributed by atoms with Crippen molar-refractivity contribution in [2.24, 2.45) is 17.8 Å². The van der Waals surface area contributed by atoms with Crippen LogP contribution in [-0.2, 0) is 4.79 Å². The highest BCUT2D eigenvalue weighted by Gasteiger charge is 2.29. The standard InChI is InChI=1S/C25H37N5O3/c1-18(2)8-12-29-13-9-19(17-29)16-26-24(31)21-10-14-30(15-11-21)25-27-23(28-33-25)20-4-6-22(32-3)7-5-20/h4-7,18-19,21H,8-17H2,1-3H3,(H,26,31). The Labute approximate surface area is 196 Å². The molecule has 1 atom stereocenters. The maximum absolute atomic E-state index is 12.7. The number of aromatic nitrogens is 2. The van der Waals surface area contributed by atoms with Crippen molar-refractivity contribution in [1.82, 2.24) is 20.4 Å². The van der Waals surface area contributed by atoms with Gasteiger partial charge in [-0.1, -0.05) is 19.0 Å². The van der Waals surface area contributed by atoms with Gasteiger partial charge >= 0.3 is 6.01 Å². The van der Waals surface area contributed by atoms with Crippen molar-refractivity contribution in [3.05, 3.63) is 24.3 Å². The summed E-state index contributed by atoms with van der Waals surface area (Å²) < 4.78 is 10.7. The fraction of sp³-hybridized carbons (Fsp3) is 0.640. The number of benzene rings is 1. The molecule has 4 rings (SSSR count). The lowest BCUT2D eigenvalue weighted by Crippen LogP contribution is -2.42. The van der Waals surface area contributed by atoms with E-state index in [9.17, 15) is 4.79 Å². The summed E-state index contributed by atoms with van der Waals surface area (Å²) >= 11 is 0. The molecule has 1 aromatic heterocycles. The number of rotatable bonds is 9. The fourth-order valence-electron chi connectivity index (χ4n) is 4.65. The molecule has 3 heterocycles. The van der Waals surface area contributed by atoms with Gasteiger partial charge in [-0.05, 0) is 74.9 Å². The van der Waals surface area contributed by atoms with Crippen LogP contribution >= 0.6 is 0 Å². The van der Waals surface area contributed by atoms with Crippen molar-refractivity contribution in [1.29, 1.82) is 0 Å². The average Bonchev–Trinajstić information content (AvgIpc) is 3.51. The number of likely N-dealkylation sites (tertiary alicyclic amines) is 1. The van der Waals surface area contributed by atoms with Gasteiger partial charge in [0.25, 0.3) is 0 Å². The van der Waals surface area contributed by atoms with E-state index in [2.05, 4.69) is 39.1 Å². The van der Waals surface area contributed by atoms with Crippen LogP contribution in [0.1, 0.15) is 39.5 Å². The van der Waals surface area contributed by atoms with Crippen LogP contribution in [-0.4, -0.2) is 67.3 Å². The smallest absolute Gasteiger partial charge is 0.324 e. The lowest BCUT2D eigenvalue weighted by Gasteiger charge is -2.30. The molecule has 33 heavy (non-hydrogen) atoms. The predicted molar refractivity (Wildman–Crippen MR) is 128 cm³/mol. The minimum absolute atomic E-state index is 0.0590. The number of hydrogen-bond donors (Lipinski definition) is 1. The highest BCUT2D eigenvalue weighted by atomic mass is 16.5. The van der Waals surface area contributed by atoms with E-state index in [1.165, 1.54) is 19.4 Å². The molecule has 1 unspecified atom stereocenters. The zero-order chi connectivity index (χ0) is 23.2. The van der Waals surface area contributed by atoms with Gasteiger partial charge in [-0.25, -0.2) is 0 Å². The highest BCUT2D eigenvalue weighted by Crippen LogP contribution is 2.26. The molecular formula is C25H37N5O3. The molecule has 0 saturated carbocycles. The van der Waals surface area contributed by atoms with Crippen LogP contribution in [0.4, 0.5) is 6.01 Å². The lowest BCUT2D eigenvalue weighted by atomic mass is 9.96. The summed E-state index contributed by atoms with van der Waals surface area (Å²) in [5.41, 5.74) is 0.884. The molecule has 8 nitrogen and oxygen atoms in total. The van der Waals surface area contributed by atoms with Gasteiger partial charge in [0.05, 0.1) is 7.11 Å². The summed E-state index contributed by atoms with van der Waals surface area (Å²) in [5, 5.41) is 7.35. The first-order valence-corrected chi connectivity index (χ1v) is 12.2. The Morgan fingerprint density at radius 1 is 1.18 bits per heavy atom. The zero-order valence-electron chi connectivity index (χ0n) is 20.1. The summed E-state index contributed by atoms with van der Waals surface area (Å²) in [6, 6.07) is 8.11. The molecule has 2 saturated heterocycles. The molecule has 0 radical (unpaired) electrons. The summed E-state index contributed by atoms with van der Waals surface area (Å²) in [6.07, 6.45) is 4.04. The maximum atomic E-state index is 12.7. The van der Waals surface area contributed by atoms with Crippen molar-refractivity contribution in [3.63, 3.8) is 0 Å². The van der Waals surface area contributed by atoms with E-state index in [1.54, 1.807) is 7.11 Å². The Kier molecular flexibility index (Phi) is 7.85. The second kappa shape index (κ2) is 11.0. The van der Waals surface area contributed by atoms with E-state index in [4.69, 9.17) is 9.26 Å². The van der Waals surface area contributed by atoms with Gasteiger partial charge in [-0.3, -0.25) is 4.79 Å². The third-order valence-corrected chi connectivity index (χ3v) is 6.86. The topological polar surface area (TPSA) is 83.7 Å². The van der Waals surface area contributed by atoms with Crippen LogP contribution in [0.25, 0.3) is 11.4 Å². The Balaban J connectivity index is 1.20. The number of carbonyl (C=O) groups is 1. The number of anilines is 1. The molecule has 0 spiro atoms. The third kappa shape index (κ3) is 6.25. The molecule has 8 heteroatoms. The van der Waals surface area contributed by atoms with Crippen molar-refractivity contribution in [2.45, 2.75) is 39.5 Å². The van der Waals surface area contributed by atoms with Crippen LogP contribution in [0, 0.1) is 17.8 Å². The van der Waals surface area contributed by atoms with Gasteiger partial charge in [-0.15, -0.1) is 0 Å². The number of methoxy groups -OCH3 is 1. The fourth-order valence-corrected chi connectivity index (χ4v) is 4.65. The van der Waals surface area contributed by atoms with E-state index in [0.29, 0.717) is 17.8 Å². The first-order chi connectivity index (χ1) is 16.0. The predicted octanol–water partition coefficient (Wildman–Crippen LogP) is 3.45. The number of nitrogens with one attached hydrogen (secondary N) is 1. The summed E-state index contributed by atoms with van der Waals surface area (Å²) in [7, 11) is 1.64. The first kappa shape index (κ1) is 23.5. The molecule has 1 amide bonds. The average molecular weight is 456 g/mol. The quantitative estimate of drug-likeness (QED) is 0.620. The SMILES string of the molecule is COc1ccc(-c2noc(N3CCC(C(=O)NCC4CCN(CCC(C)C)C4)CC3)n2)cc1. The first-order valence-electron chi connectivity index (χ1n) is 12.2. The zero-order valence-corrected chi connectivity index (χ0v) is 20.1. The van der Waals surface area contributed by atoms with Gasteiger partial charge in [-0.2, -0.15) is 4.98 Å². The van der Waals surface area contributed by atoms with E-state index < -0.39 is 0 Å². The van der Waals surface area contributed by atoms with Crippen LogP contribution in [0.5, 0.6) is 5.75 Å². The molecule has 1 aromatic carbocycles. The van der Waals surface area contributed by atoms with Crippen molar-refractivity contribution in [3.8, 4) is 17.1 Å².